The van der Waals surface area contributed by atoms with E-state index >= 15 is 0 Å². The van der Waals surface area contributed by atoms with Gasteiger partial charge >= 0.3 is 0 Å². The molecule has 0 radical (unpaired) electrons. The number of ether oxygens (including phenoxy) is 1. The summed E-state index contributed by atoms with van der Waals surface area (Å²) in [6, 6.07) is 8.02. The van der Waals surface area contributed by atoms with E-state index in [9.17, 15) is 0 Å². The first-order chi connectivity index (χ1) is 8.75. The quantitative estimate of drug-likeness (QED) is 0.904. The van der Waals surface area contributed by atoms with Crippen molar-refractivity contribution in [2.75, 3.05) is 32.7 Å². The minimum absolute atomic E-state index is 0.249. The van der Waals surface area contributed by atoms with Gasteiger partial charge in [0, 0.05) is 32.7 Å². The van der Waals surface area contributed by atoms with Gasteiger partial charge in [0.05, 0.1) is 10.6 Å². The number of para-hydroxylation sites is 1. The molecule has 3 nitrogen and oxygen atoms in total. The summed E-state index contributed by atoms with van der Waals surface area (Å²) < 4.78 is 6.97. The van der Waals surface area contributed by atoms with E-state index in [0.717, 1.165) is 49.4 Å². The smallest absolute Gasteiger partial charge is 0.133 e. The lowest BCUT2D eigenvalue weighted by molar-refractivity contribution is 0.167. The van der Waals surface area contributed by atoms with Crippen LogP contribution in [0.15, 0.2) is 28.7 Å². The summed E-state index contributed by atoms with van der Waals surface area (Å²) in [5.41, 5.74) is 0. The molecule has 0 aliphatic carbocycles. The first-order valence-corrected chi connectivity index (χ1v) is 7.39. The lowest BCUT2D eigenvalue weighted by Gasteiger charge is -2.28. The number of piperazine rings is 1. The Morgan fingerprint density at radius 2 is 2.06 bits per heavy atom. The molecule has 1 aliphatic rings. The number of benzene rings is 1. The molecule has 0 aromatic heterocycles. The van der Waals surface area contributed by atoms with Crippen LogP contribution < -0.4 is 10.1 Å². The Morgan fingerprint density at radius 1 is 1.33 bits per heavy atom. The van der Waals surface area contributed by atoms with Gasteiger partial charge in [-0.05, 0) is 41.4 Å². The fraction of sp³-hybridized carbons (Fsp3) is 0.571. The fourth-order valence-corrected chi connectivity index (χ4v) is 2.49. The van der Waals surface area contributed by atoms with Crippen LogP contribution in [0.4, 0.5) is 0 Å². The van der Waals surface area contributed by atoms with Crippen molar-refractivity contribution in [3.8, 4) is 5.75 Å². The van der Waals surface area contributed by atoms with Crippen molar-refractivity contribution in [2.45, 2.75) is 19.4 Å². The predicted molar refractivity (Wildman–Crippen MR) is 78.2 cm³/mol. The number of halogens is 1. The van der Waals surface area contributed by atoms with E-state index in [1.807, 2.05) is 24.3 Å². The summed E-state index contributed by atoms with van der Waals surface area (Å²) >= 11 is 3.51. The normalized spacial score (nSPS) is 18.6. The van der Waals surface area contributed by atoms with Gasteiger partial charge in [0.2, 0.25) is 0 Å². The monoisotopic (exact) mass is 312 g/mol. The van der Waals surface area contributed by atoms with E-state index in [4.69, 9.17) is 4.74 Å². The zero-order chi connectivity index (χ0) is 12.8. The topological polar surface area (TPSA) is 24.5 Å². The third-order valence-corrected chi connectivity index (χ3v) is 3.88. The lowest BCUT2D eigenvalue weighted by atomic mass is 10.2. The Balaban J connectivity index is 1.74. The average Bonchev–Trinajstić information content (AvgIpc) is 2.40. The molecule has 2 rings (SSSR count). The van der Waals surface area contributed by atoms with Gasteiger partial charge in [-0.2, -0.15) is 0 Å². The average molecular weight is 313 g/mol. The van der Waals surface area contributed by atoms with Crippen LogP contribution in [-0.4, -0.2) is 43.7 Å². The van der Waals surface area contributed by atoms with Crippen molar-refractivity contribution in [1.29, 1.82) is 0 Å². The number of rotatable bonds is 5. The first-order valence-electron chi connectivity index (χ1n) is 6.60. The molecule has 4 heteroatoms. The number of nitrogens with zero attached hydrogens (tertiary/aromatic N) is 1. The number of nitrogens with one attached hydrogen (secondary N) is 1. The molecule has 0 saturated carbocycles. The molecular weight excluding hydrogens is 292 g/mol. The molecule has 1 unspecified atom stereocenters. The number of hydrogen-bond donors (Lipinski definition) is 1. The summed E-state index contributed by atoms with van der Waals surface area (Å²) in [6.45, 7) is 7.79. The third-order valence-electron chi connectivity index (χ3n) is 3.23. The van der Waals surface area contributed by atoms with Gasteiger partial charge in [0.1, 0.15) is 5.75 Å². The van der Waals surface area contributed by atoms with Crippen molar-refractivity contribution in [3.05, 3.63) is 28.7 Å². The largest absolute Gasteiger partial charge is 0.489 e. The SMILES string of the molecule is CC(CCN1CCNCC1)Oc1ccccc1Br. The van der Waals surface area contributed by atoms with Crippen molar-refractivity contribution in [3.63, 3.8) is 0 Å². The Hall–Kier alpha value is -0.580. The Kier molecular flexibility index (Phi) is 5.47. The van der Waals surface area contributed by atoms with Gasteiger partial charge in [0.25, 0.3) is 0 Å². The maximum absolute atomic E-state index is 5.95. The molecule has 1 aliphatic heterocycles. The molecule has 0 amide bonds. The second-order valence-electron chi connectivity index (χ2n) is 4.74. The van der Waals surface area contributed by atoms with Gasteiger partial charge in [-0.25, -0.2) is 0 Å². The minimum Gasteiger partial charge on any atom is -0.489 e. The summed E-state index contributed by atoms with van der Waals surface area (Å²) in [4.78, 5) is 2.50. The van der Waals surface area contributed by atoms with Crippen LogP contribution in [0.3, 0.4) is 0 Å². The van der Waals surface area contributed by atoms with Crippen LogP contribution in [0, 0.1) is 0 Å². The highest BCUT2D eigenvalue weighted by molar-refractivity contribution is 9.10. The Bertz CT molecular complexity index is 367. The highest BCUT2D eigenvalue weighted by Gasteiger charge is 2.12. The fourth-order valence-electron chi connectivity index (χ4n) is 2.12. The van der Waals surface area contributed by atoms with E-state index < -0.39 is 0 Å². The highest BCUT2D eigenvalue weighted by atomic mass is 79.9. The lowest BCUT2D eigenvalue weighted by Crippen LogP contribution is -2.44. The van der Waals surface area contributed by atoms with Crippen LogP contribution in [0.5, 0.6) is 5.75 Å². The molecule has 0 spiro atoms. The highest BCUT2D eigenvalue weighted by Crippen LogP contribution is 2.25. The van der Waals surface area contributed by atoms with Crippen LogP contribution in [-0.2, 0) is 0 Å². The van der Waals surface area contributed by atoms with Crippen LogP contribution in [0.1, 0.15) is 13.3 Å². The van der Waals surface area contributed by atoms with Gasteiger partial charge < -0.3 is 15.0 Å². The third kappa shape index (κ3) is 4.26. The number of hydrogen-bond acceptors (Lipinski definition) is 3. The van der Waals surface area contributed by atoms with Crippen molar-refractivity contribution in [2.24, 2.45) is 0 Å². The summed E-state index contributed by atoms with van der Waals surface area (Å²) in [5, 5.41) is 3.37. The van der Waals surface area contributed by atoms with Gasteiger partial charge in [-0.1, -0.05) is 12.1 Å². The molecule has 100 valence electrons. The zero-order valence-corrected chi connectivity index (χ0v) is 12.4. The Morgan fingerprint density at radius 3 is 2.78 bits per heavy atom. The van der Waals surface area contributed by atoms with Gasteiger partial charge in [0.15, 0.2) is 0 Å². The van der Waals surface area contributed by atoms with E-state index in [1.165, 1.54) is 0 Å². The first kappa shape index (κ1) is 13.8. The standard InChI is InChI=1S/C14H21BrN2O/c1-12(6-9-17-10-7-16-8-11-17)18-14-5-3-2-4-13(14)15/h2-5,12,16H,6-11H2,1H3. The van der Waals surface area contributed by atoms with E-state index in [0.29, 0.717) is 0 Å². The van der Waals surface area contributed by atoms with E-state index in [2.05, 4.69) is 33.1 Å². The zero-order valence-electron chi connectivity index (χ0n) is 10.9. The van der Waals surface area contributed by atoms with Gasteiger partial charge in [-0.15, -0.1) is 0 Å². The molecule has 1 aromatic carbocycles. The molecule has 1 atom stereocenters. The summed E-state index contributed by atoms with van der Waals surface area (Å²) in [6.07, 6.45) is 1.32. The maximum atomic E-state index is 5.95. The van der Waals surface area contributed by atoms with Crippen LogP contribution in [0.2, 0.25) is 0 Å². The predicted octanol–water partition coefficient (Wildman–Crippen LogP) is 2.51. The van der Waals surface area contributed by atoms with Crippen molar-refractivity contribution in [1.82, 2.24) is 10.2 Å². The van der Waals surface area contributed by atoms with Crippen LogP contribution in [0.25, 0.3) is 0 Å². The molecule has 1 saturated heterocycles. The summed E-state index contributed by atoms with van der Waals surface area (Å²) in [7, 11) is 0. The molecule has 1 heterocycles. The van der Waals surface area contributed by atoms with E-state index in [-0.39, 0.29) is 6.10 Å². The summed E-state index contributed by atoms with van der Waals surface area (Å²) in [5.74, 6) is 0.935. The second-order valence-corrected chi connectivity index (χ2v) is 5.59. The van der Waals surface area contributed by atoms with Gasteiger partial charge in [-0.3, -0.25) is 0 Å². The van der Waals surface area contributed by atoms with E-state index in [1.54, 1.807) is 0 Å². The molecule has 18 heavy (non-hydrogen) atoms. The molecular formula is C14H21BrN2O. The van der Waals surface area contributed by atoms with Crippen molar-refractivity contribution >= 4 is 15.9 Å². The molecule has 0 bridgehead atoms. The Labute approximate surface area is 118 Å². The molecule has 1 N–H and O–H groups in total. The maximum Gasteiger partial charge on any atom is 0.133 e. The minimum atomic E-state index is 0.249. The molecule has 1 aromatic rings. The second kappa shape index (κ2) is 7.12. The van der Waals surface area contributed by atoms with Crippen molar-refractivity contribution < 1.29 is 4.74 Å². The van der Waals surface area contributed by atoms with Crippen LogP contribution >= 0.6 is 15.9 Å². The molecule has 1 fully saturated rings.